The van der Waals surface area contributed by atoms with Gasteiger partial charge in [0.2, 0.25) is 0 Å². The third-order valence-electron chi connectivity index (χ3n) is 2.65. The van der Waals surface area contributed by atoms with Crippen LogP contribution >= 0.6 is 23.2 Å². The van der Waals surface area contributed by atoms with Gasteiger partial charge in [-0.3, -0.25) is 0 Å². The highest BCUT2D eigenvalue weighted by Gasteiger charge is 2.14. The van der Waals surface area contributed by atoms with Gasteiger partial charge >= 0.3 is 5.97 Å². The fourth-order valence-electron chi connectivity index (χ4n) is 1.70. The van der Waals surface area contributed by atoms with E-state index < -0.39 is 5.97 Å². The van der Waals surface area contributed by atoms with E-state index in [2.05, 4.69) is 0 Å². The molecule has 0 aromatic heterocycles. The van der Waals surface area contributed by atoms with Crippen LogP contribution in [-0.4, -0.2) is 16.2 Å². The van der Waals surface area contributed by atoms with Crippen molar-refractivity contribution in [2.24, 2.45) is 0 Å². The highest BCUT2D eigenvalue weighted by Crippen LogP contribution is 2.29. The molecule has 3 nitrogen and oxygen atoms in total. The number of hydrogen-bond donors (Lipinski definition) is 2. The first-order valence-corrected chi connectivity index (χ1v) is 6.42. The average Bonchev–Trinajstić information content (AvgIpc) is 2.41. The van der Waals surface area contributed by atoms with Gasteiger partial charge in [-0.1, -0.05) is 35.3 Å². The molecule has 0 radical (unpaired) electrons. The summed E-state index contributed by atoms with van der Waals surface area (Å²) in [6.07, 6.45) is 1.47. The van der Waals surface area contributed by atoms with E-state index in [4.69, 9.17) is 23.2 Å². The van der Waals surface area contributed by atoms with Crippen LogP contribution in [-0.2, 0) is 4.79 Å². The molecule has 0 fully saturated rings. The van der Waals surface area contributed by atoms with Crippen molar-refractivity contribution in [1.82, 2.24) is 0 Å². The zero-order valence-electron chi connectivity index (χ0n) is 10.2. The van der Waals surface area contributed by atoms with Crippen molar-refractivity contribution < 1.29 is 15.0 Å². The van der Waals surface area contributed by atoms with Gasteiger partial charge in [0.25, 0.3) is 0 Å². The molecule has 0 heterocycles. The van der Waals surface area contributed by atoms with Gasteiger partial charge in [-0.15, -0.1) is 0 Å². The summed E-state index contributed by atoms with van der Waals surface area (Å²) in [6.45, 7) is 0. The van der Waals surface area contributed by atoms with Gasteiger partial charge < -0.3 is 10.2 Å². The Morgan fingerprint density at radius 1 is 1.05 bits per heavy atom. The van der Waals surface area contributed by atoms with E-state index in [9.17, 15) is 15.0 Å². The van der Waals surface area contributed by atoms with Crippen LogP contribution in [0.4, 0.5) is 0 Å². The molecule has 102 valence electrons. The molecule has 0 aliphatic heterocycles. The zero-order valence-corrected chi connectivity index (χ0v) is 11.7. The molecule has 2 aromatic rings. The maximum atomic E-state index is 11.4. The molecule has 2 aromatic carbocycles. The number of carbonyl (C=O) groups is 1. The second-order valence-corrected chi connectivity index (χ2v) is 4.92. The Hall–Kier alpha value is -1.97. The third-order valence-corrected chi connectivity index (χ3v) is 3.22. The first-order valence-electron chi connectivity index (χ1n) is 5.67. The molecule has 0 saturated carbocycles. The van der Waals surface area contributed by atoms with Gasteiger partial charge in [-0.25, -0.2) is 4.79 Å². The number of halogens is 2. The largest absolute Gasteiger partial charge is 0.508 e. The lowest BCUT2D eigenvalue weighted by Crippen LogP contribution is -2.00. The second kappa shape index (κ2) is 5.99. The maximum Gasteiger partial charge on any atom is 0.336 e. The Kier molecular flexibility index (Phi) is 4.32. The number of aliphatic carboxylic acids is 1. The molecule has 2 rings (SSSR count). The van der Waals surface area contributed by atoms with Crippen LogP contribution in [0.25, 0.3) is 11.6 Å². The normalized spacial score (nSPS) is 11.4. The van der Waals surface area contributed by atoms with Gasteiger partial charge in [0, 0.05) is 15.6 Å². The molecule has 0 unspecified atom stereocenters. The monoisotopic (exact) mass is 308 g/mol. The van der Waals surface area contributed by atoms with Crippen molar-refractivity contribution in [3.63, 3.8) is 0 Å². The highest BCUT2D eigenvalue weighted by molar-refractivity contribution is 6.37. The smallest absolute Gasteiger partial charge is 0.336 e. The van der Waals surface area contributed by atoms with E-state index in [0.717, 1.165) is 0 Å². The number of rotatable bonds is 3. The van der Waals surface area contributed by atoms with Crippen LogP contribution in [0, 0.1) is 0 Å². The van der Waals surface area contributed by atoms with Crippen molar-refractivity contribution in [3.05, 3.63) is 63.6 Å². The molecule has 0 aliphatic carbocycles. The van der Waals surface area contributed by atoms with Crippen molar-refractivity contribution in [1.29, 1.82) is 0 Å². The molecular weight excluding hydrogens is 299 g/mol. The van der Waals surface area contributed by atoms with Gasteiger partial charge in [0.1, 0.15) is 5.75 Å². The van der Waals surface area contributed by atoms with Crippen LogP contribution in [0.3, 0.4) is 0 Å². The van der Waals surface area contributed by atoms with Gasteiger partial charge in [-0.05, 0) is 42.0 Å². The van der Waals surface area contributed by atoms with Crippen molar-refractivity contribution in [2.75, 3.05) is 0 Å². The van der Waals surface area contributed by atoms with E-state index in [0.29, 0.717) is 21.2 Å². The van der Waals surface area contributed by atoms with Gasteiger partial charge in [-0.2, -0.15) is 0 Å². The Morgan fingerprint density at radius 2 is 1.70 bits per heavy atom. The molecule has 0 atom stereocenters. The van der Waals surface area contributed by atoms with E-state index >= 15 is 0 Å². The van der Waals surface area contributed by atoms with Crippen LogP contribution in [0.15, 0.2) is 42.5 Å². The zero-order chi connectivity index (χ0) is 14.7. The minimum absolute atomic E-state index is 0.0307. The summed E-state index contributed by atoms with van der Waals surface area (Å²) in [6, 6.07) is 10.8. The van der Waals surface area contributed by atoms with Crippen LogP contribution < -0.4 is 0 Å². The molecule has 0 aliphatic rings. The maximum absolute atomic E-state index is 11.4. The van der Waals surface area contributed by atoms with Crippen molar-refractivity contribution in [2.45, 2.75) is 0 Å². The number of hydrogen-bond acceptors (Lipinski definition) is 2. The summed E-state index contributed by atoms with van der Waals surface area (Å²) in [5.74, 6) is -0.998. The summed E-state index contributed by atoms with van der Waals surface area (Å²) in [4.78, 5) is 11.4. The van der Waals surface area contributed by atoms with E-state index in [1.165, 1.54) is 24.3 Å². The number of phenols is 1. The number of benzene rings is 2. The first-order chi connectivity index (χ1) is 9.47. The van der Waals surface area contributed by atoms with Gasteiger partial charge in [0.15, 0.2) is 0 Å². The number of phenolic OH excluding ortho intramolecular Hbond substituents is 1. The Balaban J connectivity index is 2.54. The van der Waals surface area contributed by atoms with Crippen molar-refractivity contribution >= 4 is 40.8 Å². The molecule has 20 heavy (non-hydrogen) atoms. The molecule has 5 heteroatoms. The van der Waals surface area contributed by atoms with E-state index in [1.807, 2.05) is 0 Å². The quantitative estimate of drug-likeness (QED) is 0.655. The number of aromatic hydroxyl groups is 1. The molecule has 0 bridgehead atoms. The van der Waals surface area contributed by atoms with Crippen LogP contribution in [0.2, 0.25) is 10.0 Å². The Labute approximate surface area is 125 Å². The molecule has 0 spiro atoms. The summed E-state index contributed by atoms with van der Waals surface area (Å²) in [5.41, 5.74) is 1.01. The predicted octanol–water partition coefficient (Wildman–Crippen LogP) is 4.32. The minimum atomic E-state index is -1.11. The summed E-state index contributed by atoms with van der Waals surface area (Å²) in [7, 11) is 0. The molecular formula is C15H10Cl2O3. The highest BCUT2D eigenvalue weighted by atomic mass is 35.5. The minimum Gasteiger partial charge on any atom is -0.508 e. The lowest BCUT2D eigenvalue weighted by Gasteiger charge is -2.06. The molecule has 2 N–H and O–H groups in total. The standard InChI is InChI=1S/C15H10Cl2O3/c16-10-3-6-14(17)12(8-10)13(15(19)20)7-9-1-4-11(18)5-2-9/h1-8,18H,(H,19,20)/b13-7-. The van der Waals surface area contributed by atoms with Crippen molar-refractivity contribution in [3.8, 4) is 5.75 Å². The summed E-state index contributed by atoms with van der Waals surface area (Å²) < 4.78 is 0. The Morgan fingerprint density at radius 3 is 2.30 bits per heavy atom. The molecule has 0 saturated heterocycles. The SMILES string of the molecule is O=C(O)/C(=C\c1ccc(O)cc1)c1cc(Cl)ccc1Cl. The van der Waals surface area contributed by atoms with Crippen LogP contribution in [0.5, 0.6) is 5.75 Å². The number of carboxylic acid groups (broad SMARTS) is 1. The summed E-state index contributed by atoms with van der Waals surface area (Å²) in [5, 5.41) is 19.3. The molecule has 0 amide bonds. The van der Waals surface area contributed by atoms with E-state index in [-0.39, 0.29) is 11.3 Å². The number of carboxylic acids is 1. The summed E-state index contributed by atoms with van der Waals surface area (Å²) >= 11 is 11.9. The van der Waals surface area contributed by atoms with Gasteiger partial charge in [0.05, 0.1) is 5.57 Å². The second-order valence-electron chi connectivity index (χ2n) is 4.08. The fourth-order valence-corrected chi connectivity index (χ4v) is 2.09. The lowest BCUT2D eigenvalue weighted by molar-refractivity contribution is -0.130. The topological polar surface area (TPSA) is 57.5 Å². The van der Waals surface area contributed by atoms with E-state index in [1.54, 1.807) is 24.3 Å². The Bertz CT molecular complexity index is 676. The lowest BCUT2D eigenvalue weighted by atomic mass is 10.0. The first kappa shape index (κ1) is 14.4. The predicted molar refractivity (Wildman–Crippen MR) is 80.1 cm³/mol. The van der Waals surface area contributed by atoms with Crippen LogP contribution in [0.1, 0.15) is 11.1 Å². The fraction of sp³-hybridized carbons (Fsp3) is 0. The third kappa shape index (κ3) is 3.32. The average molecular weight is 309 g/mol.